The van der Waals surface area contributed by atoms with Crippen molar-refractivity contribution in [2.45, 2.75) is 12.8 Å². The van der Waals surface area contributed by atoms with E-state index in [0.717, 1.165) is 78.3 Å². The summed E-state index contributed by atoms with van der Waals surface area (Å²) in [6, 6.07) is 0. The van der Waals surface area contributed by atoms with Gasteiger partial charge in [-0.05, 0) is 14.1 Å². The highest BCUT2D eigenvalue weighted by Crippen LogP contribution is 2.04. The smallest absolute Gasteiger partial charge is 0.135 e. The summed E-state index contributed by atoms with van der Waals surface area (Å²) in [7, 11) is 4.33. The van der Waals surface area contributed by atoms with E-state index in [-0.39, 0.29) is 12.4 Å². The van der Waals surface area contributed by atoms with Crippen LogP contribution in [-0.4, -0.2) is 105 Å². The molecule has 0 aromatic heterocycles. The van der Waals surface area contributed by atoms with E-state index < -0.39 is 0 Å². The summed E-state index contributed by atoms with van der Waals surface area (Å²) in [5.74, 6) is 0.433. The third-order valence-electron chi connectivity index (χ3n) is 4.61. The zero-order chi connectivity index (χ0) is 14.4. The molecule has 2 rings (SSSR count). The topological polar surface area (TPSA) is 30.0 Å². The Hall–Kier alpha value is -0.200. The highest BCUT2D eigenvalue weighted by molar-refractivity contribution is 5.85. The number of piperazine rings is 2. The highest BCUT2D eigenvalue weighted by atomic mass is 35.5. The summed E-state index contributed by atoms with van der Waals surface area (Å²) in [4.78, 5) is 21.5. The molecule has 124 valence electrons. The second-order valence-electron chi connectivity index (χ2n) is 6.33. The average molecular weight is 319 g/mol. The van der Waals surface area contributed by atoms with Crippen molar-refractivity contribution in [3.8, 4) is 0 Å². The zero-order valence-electron chi connectivity index (χ0n) is 13.6. The number of hydrogen-bond donors (Lipinski definition) is 0. The minimum Gasteiger partial charge on any atom is -0.304 e. The first-order valence-corrected chi connectivity index (χ1v) is 7.97. The molecular weight excluding hydrogens is 288 g/mol. The Morgan fingerprint density at radius 2 is 1.05 bits per heavy atom. The Morgan fingerprint density at radius 3 is 1.38 bits per heavy atom. The molecule has 0 saturated carbocycles. The van der Waals surface area contributed by atoms with Crippen molar-refractivity contribution < 1.29 is 4.79 Å². The van der Waals surface area contributed by atoms with Gasteiger partial charge in [0.15, 0.2) is 0 Å². The fourth-order valence-corrected chi connectivity index (χ4v) is 2.83. The lowest BCUT2D eigenvalue weighted by Gasteiger charge is -2.33. The molecule has 2 saturated heterocycles. The van der Waals surface area contributed by atoms with Gasteiger partial charge in [-0.2, -0.15) is 0 Å². The molecule has 0 bridgehead atoms. The molecule has 0 spiro atoms. The Labute approximate surface area is 135 Å². The average Bonchev–Trinajstić information content (AvgIpc) is 2.46. The first kappa shape index (κ1) is 18.8. The van der Waals surface area contributed by atoms with E-state index >= 15 is 0 Å². The fraction of sp³-hybridized carbons (Fsp3) is 0.933. The van der Waals surface area contributed by atoms with Crippen LogP contribution in [0.15, 0.2) is 0 Å². The standard InChI is InChI=1S/C15H30N4O.ClH/c1-16-7-11-18(12-8-16)5-3-15(20)4-6-19-13-9-17(2)10-14-19;/h3-14H2,1-2H3;1H. The van der Waals surface area contributed by atoms with Gasteiger partial charge >= 0.3 is 0 Å². The molecule has 21 heavy (non-hydrogen) atoms. The number of rotatable bonds is 6. The molecule has 0 atom stereocenters. The Kier molecular flexibility index (Phi) is 8.74. The summed E-state index contributed by atoms with van der Waals surface area (Å²) < 4.78 is 0. The van der Waals surface area contributed by atoms with Crippen molar-refractivity contribution in [1.29, 1.82) is 0 Å². The lowest BCUT2D eigenvalue weighted by Crippen LogP contribution is -2.45. The lowest BCUT2D eigenvalue weighted by atomic mass is 10.2. The number of nitrogens with zero attached hydrogens (tertiary/aromatic N) is 4. The lowest BCUT2D eigenvalue weighted by molar-refractivity contribution is -0.119. The maximum Gasteiger partial charge on any atom is 0.135 e. The van der Waals surface area contributed by atoms with E-state index in [0.29, 0.717) is 5.78 Å². The summed E-state index contributed by atoms with van der Waals surface area (Å²) in [6.45, 7) is 10.9. The van der Waals surface area contributed by atoms with Crippen LogP contribution in [0.5, 0.6) is 0 Å². The number of hydrogen-bond acceptors (Lipinski definition) is 5. The maximum absolute atomic E-state index is 12.0. The molecule has 2 heterocycles. The molecule has 0 aromatic rings. The SMILES string of the molecule is CN1CCN(CCC(=O)CCN2CCN(C)CC2)CC1.Cl. The van der Waals surface area contributed by atoms with E-state index in [1.54, 1.807) is 0 Å². The van der Waals surface area contributed by atoms with E-state index in [4.69, 9.17) is 0 Å². The van der Waals surface area contributed by atoms with Crippen LogP contribution in [0.4, 0.5) is 0 Å². The van der Waals surface area contributed by atoms with E-state index in [2.05, 4.69) is 33.7 Å². The Bertz CT molecular complexity index is 272. The van der Waals surface area contributed by atoms with E-state index in [1.165, 1.54) is 0 Å². The first-order chi connectivity index (χ1) is 9.63. The molecule has 2 fully saturated rings. The van der Waals surface area contributed by atoms with E-state index in [1.807, 2.05) is 0 Å². The molecule has 5 nitrogen and oxygen atoms in total. The molecular formula is C15H31ClN4O. The summed E-state index contributed by atoms with van der Waals surface area (Å²) >= 11 is 0. The van der Waals surface area contributed by atoms with Crippen LogP contribution in [-0.2, 0) is 4.79 Å². The second kappa shape index (κ2) is 9.74. The molecule has 0 aliphatic carbocycles. The van der Waals surface area contributed by atoms with Gasteiger partial charge in [0.2, 0.25) is 0 Å². The van der Waals surface area contributed by atoms with Gasteiger partial charge in [-0.25, -0.2) is 0 Å². The fourth-order valence-electron chi connectivity index (χ4n) is 2.83. The molecule has 2 aliphatic heterocycles. The third kappa shape index (κ3) is 7.06. The summed E-state index contributed by atoms with van der Waals surface area (Å²) in [5, 5.41) is 0. The maximum atomic E-state index is 12.0. The van der Waals surface area contributed by atoms with Crippen molar-refractivity contribution in [2.24, 2.45) is 0 Å². The van der Waals surface area contributed by atoms with Crippen LogP contribution < -0.4 is 0 Å². The van der Waals surface area contributed by atoms with Gasteiger partial charge < -0.3 is 19.6 Å². The highest BCUT2D eigenvalue weighted by Gasteiger charge is 2.16. The molecule has 0 radical (unpaired) electrons. The molecule has 6 heteroatoms. The minimum atomic E-state index is 0. The van der Waals surface area contributed by atoms with Crippen LogP contribution in [0.25, 0.3) is 0 Å². The second-order valence-corrected chi connectivity index (χ2v) is 6.33. The van der Waals surface area contributed by atoms with Crippen molar-refractivity contribution >= 4 is 18.2 Å². The van der Waals surface area contributed by atoms with Crippen molar-refractivity contribution in [2.75, 3.05) is 79.5 Å². The molecule has 0 aromatic carbocycles. The monoisotopic (exact) mass is 318 g/mol. The van der Waals surface area contributed by atoms with Crippen molar-refractivity contribution in [3.05, 3.63) is 0 Å². The van der Waals surface area contributed by atoms with Crippen LogP contribution in [0.2, 0.25) is 0 Å². The van der Waals surface area contributed by atoms with Crippen LogP contribution in [0, 0.1) is 0 Å². The van der Waals surface area contributed by atoms with Gasteiger partial charge in [0, 0.05) is 78.3 Å². The normalized spacial score (nSPS) is 23.0. The summed E-state index contributed by atoms with van der Waals surface area (Å²) in [5.41, 5.74) is 0. The molecule has 0 unspecified atom stereocenters. The number of carbonyl (C=O) groups excluding carboxylic acids is 1. The van der Waals surface area contributed by atoms with Gasteiger partial charge in [0.25, 0.3) is 0 Å². The number of ketones is 1. The largest absolute Gasteiger partial charge is 0.304 e. The van der Waals surface area contributed by atoms with Crippen LogP contribution >= 0.6 is 12.4 Å². The van der Waals surface area contributed by atoms with Gasteiger partial charge in [-0.3, -0.25) is 4.79 Å². The molecule has 0 N–H and O–H groups in total. The molecule has 2 aliphatic rings. The Morgan fingerprint density at radius 1 is 0.714 bits per heavy atom. The minimum absolute atomic E-state index is 0. The van der Waals surface area contributed by atoms with Gasteiger partial charge in [-0.15, -0.1) is 12.4 Å². The summed E-state index contributed by atoms with van der Waals surface area (Å²) in [6.07, 6.45) is 1.47. The quantitative estimate of drug-likeness (QED) is 0.701. The first-order valence-electron chi connectivity index (χ1n) is 7.97. The van der Waals surface area contributed by atoms with Crippen LogP contribution in [0.3, 0.4) is 0 Å². The van der Waals surface area contributed by atoms with Gasteiger partial charge in [-0.1, -0.05) is 0 Å². The zero-order valence-corrected chi connectivity index (χ0v) is 14.4. The predicted octanol–water partition coefficient (Wildman–Crippen LogP) is 0.252. The van der Waals surface area contributed by atoms with Crippen molar-refractivity contribution in [1.82, 2.24) is 19.6 Å². The van der Waals surface area contributed by atoms with Crippen molar-refractivity contribution in [3.63, 3.8) is 0 Å². The number of halogens is 1. The Balaban J connectivity index is 0.00000220. The predicted molar refractivity (Wildman–Crippen MR) is 89.4 cm³/mol. The van der Waals surface area contributed by atoms with Crippen LogP contribution in [0.1, 0.15) is 12.8 Å². The van der Waals surface area contributed by atoms with Gasteiger partial charge in [0.1, 0.15) is 5.78 Å². The molecule has 0 amide bonds. The number of carbonyl (C=O) groups is 1. The van der Waals surface area contributed by atoms with E-state index in [9.17, 15) is 4.79 Å². The number of likely N-dealkylation sites (N-methyl/N-ethyl adjacent to an activating group) is 2. The number of Topliss-reactive ketones (excluding diaryl/α,β-unsaturated/α-hetero) is 1. The third-order valence-corrected chi connectivity index (χ3v) is 4.61. The van der Waals surface area contributed by atoms with Gasteiger partial charge in [0.05, 0.1) is 0 Å².